The van der Waals surface area contributed by atoms with Crippen molar-refractivity contribution in [2.75, 3.05) is 40.3 Å². The highest BCUT2D eigenvalue weighted by Crippen LogP contribution is 2.42. The number of likely N-dealkylation sites (N-methyl/N-ethyl adjacent to an activating group) is 2. The molecule has 4 aliphatic rings. The third kappa shape index (κ3) is 8.71. The van der Waals surface area contributed by atoms with Gasteiger partial charge in [0.1, 0.15) is 6.10 Å². The Morgan fingerprint density at radius 3 is 1.51 bits per heavy atom. The number of carbonyl (C=O) groups excluding carboxylic acids is 1. The molecule has 4 atom stereocenters. The molecule has 0 bridgehead atoms. The molecule has 248 valence electrons. The van der Waals surface area contributed by atoms with Gasteiger partial charge in [0.2, 0.25) is 0 Å². The van der Waals surface area contributed by atoms with Crippen LogP contribution >= 0.6 is 0 Å². The summed E-state index contributed by atoms with van der Waals surface area (Å²) in [7, 11) is 4.05. The minimum Gasteiger partial charge on any atom is -0.479 e. The number of esters is 1. The summed E-state index contributed by atoms with van der Waals surface area (Å²) in [4.78, 5) is 28.5. The summed E-state index contributed by atoms with van der Waals surface area (Å²) < 4.78 is 5.68. The number of hydrogen-bond acceptors (Lipinski definition) is 8. The van der Waals surface area contributed by atoms with Crippen LogP contribution < -0.4 is 0 Å². The highest BCUT2D eigenvalue weighted by Gasteiger charge is 2.49. The largest absolute Gasteiger partial charge is 0.479 e. The maximum Gasteiger partial charge on any atom is 0.343 e. The number of aliphatic hydroxyl groups is 3. The molecule has 9 heteroatoms. The van der Waals surface area contributed by atoms with Crippen LogP contribution in [0.1, 0.15) is 75.3 Å². The van der Waals surface area contributed by atoms with Gasteiger partial charge in [0.15, 0.2) is 11.2 Å². The van der Waals surface area contributed by atoms with Crippen molar-refractivity contribution in [2.24, 2.45) is 11.8 Å². The summed E-state index contributed by atoms with van der Waals surface area (Å²) in [5.41, 5.74) is -2.05. The standard InChI is InChI=1S/C18H25NO3.C13H16O3.C5H11NO/c1-19-12-11-16(13-19)22-17(20)18(21,15-9-5-6-10-15)14-7-3-2-4-8-14;14-12(15)13(16,11-8-4-5-9-11)10-6-2-1-3-7-10;1-6-3-2-5(7)4-6/h2-4,7-8,15-16,21H,5-6,9-13H2,1H3;1-3,6-7,11,16H,4-5,8-9H2,(H,14,15);5,7H,2-4H2,1H3. The lowest BCUT2D eigenvalue weighted by molar-refractivity contribution is -0.178. The zero-order chi connectivity index (χ0) is 32.5. The minimum atomic E-state index is -1.71. The molecule has 2 aromatic carbocycles. The molecule has 6 rings (SSSR count). The number of carbonyl (C=O) groups is 2. The lowest BCUT2D eigenvalue weighted by Crippen LogP contribution is -2.45. The second kappa shape index (κ2) is 16.1. The van der Waals surface area contributed by atoms with E-state index in [9.17, 15) is 24.9 Å². The SMILES string of the molecule is CN1CCC(O)C1.CN1CCC(OC(=O)C(O)(c2ccccc2)C2CCCC2)C1.O=C(O)C(O)(c1ccccc1)C1CCCC1. The van der Waals surface area contributed by atoms with Crippen molar-refractivity contribution in [1.29, 1.82) is 0 Å². The van der Waals surface area contributed by atoms with Crippen molar-refractivity contribution in [3.05, 3.63) is 71.8 Å². The average Bonchev–Trinajstić information content (AvgIpc) is 3.88. The van der Waals surface area contributed by atoms with Crippen molar-refractivity contribution in [3.63, 3.8) is 0 Å². The van der Waals surface area contributed by atoms with Crippen LogP contribution in [-0.4, -0.2) is 94.6 Å². The van der Waals surface area contributed by atoms with Gasteiger partial charge in [-0.05, 0) is 63.7 Å². The fourth-order valence-electron chi connectivity index (χ4n) is 7.27. The van der Waals surface area contributed by atoms with E-state index >= 15 is 0 Å². The smallest absolute Gasteiger partial charge is 0.343 e. The molecule has 0 spiro atoms. The molecule has 2 heterocycles. The van der Waals surface area contributed by atoms with Gasteiger partial charge in [-0.15, -0.1) is 0 Å². The van der Waals surface area contributed by atoms with Gasteiger partial charge in [0.25, 0.3) is 0 Å². The first kappa shape index (κ1) is 35.0. The molecule has 2 aliphatic carbocycles. The molecule has 0 aromatic heterocycles. The van der Waals surface area contributed by atoms with Crippen molar-refractivity contribution in [2.45, 2.75) is 87.6 Å². The summed E-state index contributed by atoms with van der Waals surface area (Å²) in [6, 6.07) is 18.0. The highest BCUT2D eigenvalue weighted by atomic mass is 16.6. The number of carboxylic acids is 1. The number of nitrogens with zero attached hydrogens (tertiary/aromatic N) is 2. The summed E-state index contributed by atoms with van der Waals surface area (Å²) in [5, 5.41) is 39.9. The Balaban J connectivity index is 0.000000174. The Hall–Kier alpha value is -2.82. The van der Waals surface area contributed by atoms with Crippen LogP contribution in [0, 0.1) is 11.8 Å². The third-order valence-electron chi connectivity index (χ3n) is 9.95. The molecule has 2 aromatic rings. The van der Waals surface area contributed by atoms with Crippen LogP contribution in [0.15, 0.2) is 60.7 Å². The van der Waals surface area contributed by atoms with Gasteiger partial charge in [0.05, 0.1) is 6.10 Å². The van der Waals surface area contributed by atoms with E-state index in [1.54, 1.807) is 24.3 Å². The van der Waals surface area contributed by atoms with Crippen LogP contribution in [-0.2, 0) is 25.5 Å². The Labute approximate surface area is 267 Å². The maximum absolute atomic E-state index is 12.8. The van der Waals surface area contributed by atoms with E-state index in [2.05, 4.69) is 9.80 Å². The van der Waals surface area contributed by atoms with E-state index < -0.39 is 23.1 Å². The van der Waals surface area contributed by atoms with Crippen molar-refractivity contribution in [3.8, 4) is 0 Å². The fourth-order valence-corrected chi connectivity index (χ4v) is 7.27. The number of β-amino-alcohol motifs (C(OH)–C–C–N with tert-alkyl or cyclic N) is 1. The molecule has 0 radical (unpaired) electrons. The number of rotatable bonds is 7. The summed E-state index contributed by atoms with van der Waals surface area (Å²) in [6.07, 6.45) is 9.14. The first-order chi connectivity index (χ1) is 21.5. The van der Waals surface area contributed by atoms with Gasteiger partial charge in [-0.2, -0.15) is 0 Å². The molecule has 4 unspecified atom stereocenters. The van der Waals surface area contributed by atoms with Crippen LogP contribution in [0.4, 0.5) is 0 Å². The maximum atomic E-state index is 12.8. The van der Waals surface area contributed by atoms with E-state index in [4.69, 9.17) is 9.84 Å². The van der Waals surface area contributed by atoms with E-state index in [-0.39, 0.29) is 24.0 Å². The van der Waals surface area contributed by atoms with Gasteiger partial charge in [-0.25, -0.2) is 9.59 Å². The van der Waals surface area contributed by atoms with Gasteiger partial charge in [-0.1, -0.05) is 86.3 Å². The molecule has 4 N–H and O–H groups in total. The average molecular weight is 625 g/mol. The lowest BCUT2D eigenvalue weighted by atomic mass is 9.80. The summed E-state index contributed by atoms with van der Waals surface area (Å²) >= 11 is 0. The molecular formula is C36H52N2O7. The van der Waals surface area contributed by atoms with E-state index in [1.807, 2.05) is 50.5 Å². The lowest BCUT2D eigenvalue weighted by Gasteiger charge is -2.33. The Morgan fingerprint density at radius 2 is 1.13 bits per heavy atom. The van der Waals surface area contributed by atoms with Gasteiger partial charge >= 0.3 is 11.9 Å². The Kier molecular flexibility index (Phi) is 12.6. The molecule has 2 aliphatic heterocycles. The topological polar surface area (TPSA) is 131 Å². The van der Waals surface area contributed by atoms with Gasteiger partial charge in [-0.3, -0.25) is 0 Å². The molecule has 45 heavy (non-hydrogen) atoms. The number of benzene rings is 2. The molecule has 9 nitrogen and oxygen atoms in total. The number of aliphatic carboxylic acids is 1. The third-order valence-corrected chi connectivity index (χ3v) is 9.95. The second-order valence-corrected chi connectivity index (χ2v) is 13.3. The zero-order valence-electron chi connectivity index (χ0n) is 26.9. The number of likely N-dealkylation sites (tertiary alicyclic amines) is 2. The first-order valence-electron chi connectivity index (χ1n) is 16.6. The minimum absolute atomic E-state index is 0.0402. The van der Waals surface area contributed by atoms with Crippen LogP contribution in [0.3, 0.4) is 0 Å². The monoisotopic (exact) mass is 624 g/mol. The van der Waals surface area contributed by atoms with Crippen molar-refractivity contribution in [1.82, 2.24) is 9.80 Å². The van der Waals surface area contributed by atoms with E-state index in [0.717, 1.165) is 90.4 Å². The number of aliphatic hydroxyl groups excluding tert-OH is 1. The Bertz CT molecular complexity index is 1190. The molecule has 0 amide bonds. The number of carboxylic acid groups (broad SMARTS) is 1. The quantitative estimate of drug-likeness (QED) is 0.336. The summed E-state index contributed by atoms with van der Waals surface area (Å²) in [6.45, 7) is 3.60. The molecule has 2 saturated heterocycles. The van der Waals surface area contributed by atoms with Gasteiger partial charge < -0.3 is 35.0 Å². The van der Waals surface area contributed by atoms with Crippen LogP contribution in [0.25, 0.3) is 0 Å². The van der Waals surface area contributed by atoms with Crippen LogP contribution in [0.2, 0.25) is 0 Å². The predicted octanol–water partition coefficient (Wildman–Crippen LogP) is 4.14. The van der Waals surface area contributed by atoms with Crippen LogP contribution in [0.5, 0.6) is 0 Å². The number of hydrogen-bond donors (Lipinski definition) is 4. The zero-order valence-corrected chi connectivity index (χ0v) is 26.9. The fraction of sp³-hybridized carbons (Fsp3) is 0.611. The van der Waals surface area contributed by atoms with Crippen molar-refractivity contribution >= 4 is 11.9 Å². The molecule has 4 fully saturated rings. The normalized spacial score (nSPS) is 25.4. The predicted molar refractivity (Wildman–Crippen MR) is 172 cm³/mol. The highest BCUT2D eigenvalue weighted by molar-refractivity contribution is 5.82. The van der Waals surface area contributed by atoms with Crippen molar-refractivity contribution < 1.29 is 34.8 Å². The number of ether oxygens (including phenoxy) is 1. The van der Waals surface area contributed by atoms with E-state index in [1.165, 1.54) is 0 Å². The molecule has 2 saturated carbocycles. The van der Waals surface area contributed by atoms with E-state index in [0.29, 0.717) is 11.1 Å². The molecular weight excluding hydrogens is 572 g/mol. The second-order valence-electron chi connectivity index (χ2n) is 13.3. The Morgan fingerprint density at radius 1 is 0.689 bits per heavy atom. The summed E-state index contributed by atoms with van der Waals surface area (Å²) in [5.74, 6) is -1.80. The van der Waals surface area contributed by atoms with Gasteiger partial charge in [0, 0.05) is 38.0 Å². The first-order valence-corrected chi connectivity index (χ1v) is 16.6.